The molecular weight excluding hydrogens is 1680 g/mol. The van der Waals surface area contributed by atoms with Crippen molar-refractivity contribution in [3.05, 3.63) is 267 Å². The van der Waals surface area contributed by atoms with Gasteiger partial charge in [-0.1, -0.05) is 109 Å². The van der Waals surface area contributed by atoms with Crippen LogP contribution in [0.15, 0.2) is 221 Å². The van der Waals surface area contributed by atoms with Crippen molar-refractivity contribution in [2.75, 3.05) is 105 Å². The van der Waals surface area contributed by atoms with Gasteiger partial charge in [-0.3, -0.25) is 24.0 Å². The lowest BCUT2D eigenvalue weighted by Crippen LogP contribution is -2.55. The number of aliphatic hydroxyl groups is 6. The zero-order chi connectivity index (χ0) is 89.6. The van der Waals surface area contributed by atoms with Crippen LogP contribution in [0, 0.1) is 0 Å². The van der Waals surface area contributed by atoms with Gasteiger partial charge >= 0.3 is 12.3 Å². The molecule has 0 saturated carbocycles. The van der Waals surface area contributed by atoms with Gasteiger partial charge < -0.3 is 74.1 Å². The number of carbonyl (C=O) groups excluding carboxylic acids is 9. The van der Waals surface area contributed by atoms with Gasteiger partial charge in [-0.15, -0.1) is 0 Å². The Morgan fingerprint density at radius 2 is 0.496 bits per heavy atom. The van der Waals surface area contributed by atoms with E-state index < -0.39 is 53.0 Å². The first-order valence-corrected chi connectivity index (χ1v) is 44.9. The number of nitrogens with zero attached hydrogens (tertiary/aromatic N) is 8. The molecule has 5 amide bonds. The lowest BCUT2D eigenvalue weighted by atomic mass is 9.97. The smallest absolute Gasteiger partial charge is 0.373 e. The molecule has 0 aromatic heterocycles. The molecule has 4 spiro atoms. The molecule has 664 valence electrons. The van der Waals surface area contributed by atoms with Crippen molar-refractivity contribution in [1.29, 1.82) is 0 Å². The average molecular weight is 1780 g/mol. The maximum absolute atomic E-state index is 13.3. The molecule has 0 aliphatic carbocycles. The summed E-state index contributed by atoms with van der Waals surface area (Å²) in [4.78, 5) is 106. The van der Waals surface area contributed by atoms with E-state index in [0.29, 0.717) is 176 Å². The second kappa shape index (κ2) is 42.9. The molecule has 0 atom stereocenters. The van der Waals surface area contributed by atoms with E-state index >= 15 is 0 Å². The van der Waals surface area contributed by atoms with Gasteiger partial charge in [0.15, 0.2) is 0 Å². The summed E-state index contributed by atoms with van der Waals surface area (Å²) >= 11 is 0. The van der Waals surface area contributed by atoms with Gasteiger partial charge in [0.25, 0.3) is 29.5 Å². The van der Waals surface area contributed by atoms with E-state index in [4.69, 9.17) is 53.4 Å². The fourth-order valence-electron chi connectivity index (χ4n) is 16.5. The average Bonchev–Trinajstić information content (AvgIpc) is 1.63. The van der Waals surface area contributed by atoms with Gasteiger partial charge in [0.05, 0.1) is 80.8 Å². The summed E-state index contributed by atoms with van der Waals surface area (Å²) in [7, 11) is -11.1. The molecule has 0 bridgehead atoms. The topological polar surface area (TPSA) is 440 Å². The minimum Gasteiger partial charge on any atom is -0.392 e. The Hall–Kier alpha value is -10.8. The van der Waals surface area contributed by atoms with E-state index in [1.165, 1.54) is 37.2 Å². The third kappa shape index (κ3) is 21.8. The van der Waals surface area contributed by atoms with Crippen LogP contribution >= 0.6 is 0 Å². The monoisotopic (exact) mass is 1780 g/mol. The highest BCUT2D eigenvalue weighted by molar-refractivity contribution is 7.89. The maximum Gasteiger partial charge on any atom is 0.373 e. The van der Waals surface area contributed by atoms with Crippen molar-refractivity contribution in [1.82, 2.24) is 37.4 Å². The van der Waals surface area contributed by atoms with E-state index in [1.807, 2.05) is 18.2 Å². The third-order valence-corrected chi connectivity index (χ3v) is 29.2. The molecular formula is C89H100N8O25S3. The Kier molecular flexibility index (Phi) is 32.6. The second-order valence-corrected chi connectivity index (χ2v) is 36.1. The van der Waals surface area contributed by atoms with E-state index in [1.54, 1.807) is 188 Å². The number of rotatable bonds is 17. The molecule has 6 N–H and O–H groups in total. The van der Waals surface area contributed by atoms with E-state index in [0.717, 1.165) is 22.3 Å². The fourth-order valence-corrected chi connectivity index (χ4v) is 21.4. The summed E-state index contributed by atoms with van der Waals surface area (Å²) in [6.45, 7) is 5.81. The summed E-state index contributed by atoms with van der Waals surface area (Å²) in [5.74, 6) is -0.439. The van der Waals surface area contributed by atoms with Crippen LogP contribution in [0.4, 0.5) is 0 Å². The largest absolute Gasteiger partial charge is 0.392 e. The van der Waals surface area contributed by atoms with Gasteiger partial charge in [-0.2, -0.15) is 32.1 Å². The molecule has 8 aromatic rings. The van der Waals surface area contributed by atoms with Crippen LogP contribution in [0.25, 0.3) is 0 Å². The van der Waals surface area contributed by atoms with Crippen molar-refractivity contribution >= 4 is 71.9 Å². The molecule has 0 unspecified atom stereocenters. The highest BCUT2D eigenvalue weighted by Crippen LogP contribution is 2.43. The number of sulfonamides is 3. The predicted molar refractivity (Wildman–Crippen MR) is 445 cm³/mol. The summed E-state index contributed by atoms with van der Waals surface area (Å²) in [5, 5.41) is 55.1. The van der Waals surface area contributed by atoms with Gasteiger partial charge in [-0.05, 0) is 130 Å². The highest BCUT2D eigenvalue weighted by Gasteiger charge is 2.54. The van der Waals surface area contributed by atoms with Crippen LogP contribution in [-0.4, -0.2) is 263 Å². The molecule has 8 heterocycles. The molecule has 0 radical (unpaired) electrons. The Labute approximate surface area is 724 Å². The summed E-state index contributed by atoms with van der Waals surface area (Å²) in [6, 6.07) is 57.6. The highest BCUT2D eigenvalue weighted by atomic mass is 32.2. The predicted octanol–water partition coefficient (Wildman–Crippen LogP) is 5.60. The molecule has 8 fully saturated rings. The quantitative estimate of drug-likeness (QED) is 0.0646. The number of hydrogen-bond donors (Lipinski definition) is 6. The van der Waals surface area contributed by atoms with Crippen LogP contribution in [0.1, 0.15) is 137 Å². The Bertz CT molecular complexity index is 5380. The fraction of sp³-hybridized carbons (Fsp3) is 0.382. The Morgan fingerprint density at radius 3 is 0.792 bits per heavy atom. The van der Waals surface area contributed by atoms with Crippen molar-refractivity contribution in [2.24, 2.45) is 0 Å². The molecule has 8 aliphatic heterocycles. The number of benzene rings is 8. The van der Waals surface area contributed by atoms with E-state index in [-0.39, 0.29) is 116 Å². The number of aliphatic hydroxyl groups excluding tert-OH is 6. The first-order valence-electron chi connectivity index (χ1n) is 40.6. The van der Waals surface area contributed by atoms with Gasteiger partial charge in [0, 0.05) is 158 Å². The SMILES string of the molecule is O=C(c1ccc(CO)cc1)N1CCC2(CC1)OCCN2C(=O)c1ccc(CO)cc1.O=C(c1ccc(CO)cc1)N1CCC2(CC1)OCCN2S(=O)(=O)c1ccc(CO)cc1.O=C(c1ccc(CO)cc1)N1CCOC12CCN(S(=O)(=O)c1ccc(CO)cc1)CC2.O=C(c1ccccc1)N1CCC2(CC1)OCCN2S(=O)(=O)c1ccccc1.O=C=O.O=C=O. The lowest BCUT2D eigenvalue weighted by molar-refractivity contribution is -0.193. The summed E-state index contributed by atoms with van der Waals surface area (Å²) in [6.07, 6.45) is 4.13. The third-order valence-electron chi connectivity index (χ3n) is 23.4. The number of amides is 5. The van der Waals surface area contributed by atoms with Gasteiger partial charge in [0.2, 0.25) is 30.1 Å². The van der Waals surface area contributed by atoms with Gasteiger partial charge in [0.1, 0.15) is 22.9 Å². The first kappa shape index (κ1) is 94.9. The number of hydrogen-bond acceptors (Lipinski definition) is 25. The van der Waals surface area contributed by atoms with Crippen LogP contribution < -0.4 is 0 Å². The minimum absolute atomic E-state index is 0.0269. The normalized spacial score (nSPS) is 18.3. The number of likely N-dealkylation sites (tertiary alicyclic amines) is 3. The van der Waals surface area contributed by atoms with Crippen molar-refractivity contribution in [3.63, 3.8) is 0 Å². The molecule has 36 heteroatoms. The van der Waals surface area contributed by atoms with Crippen molar-refractivity contribution in [3.8, 4) is 0 Å². The summed E-state index contributed by atoms with van der Waals surface area (Å²) < 4.78 is 107. The Morgan fingerprint density at radius 1 is 0.272 bits per heavy atom. The van der Waals surface area contributed by atoms with Crippen molar-refractivity contribution in [2.45, 2.75) is 129 Å². The second-order valence-electron chi connectivity index (χ2n) is 30.4. The molecule has 8 saturated heterocycles. The van der Waals surface area contributed by atoms with E-state index in [9.17, 15) is 64.5 Å². The number of carbonyl (C=O) groups is 5. The maximum atomic E-state index is 13.3. The van der Waals surface area contributed by atoms with E-state index in [2.05, 4.69) is 0 Å². The first-order chi connectivity index (χ1) is 60.2. The number of piperidine rings is 4. The molecule has 8 aromatic carbocycles. The molecule has 125 heavy (non-hydrogen) atoms. The zero-order valence-electron chi connectivity index (χ0n) is 68.6. The van der Waals surface area contributed by atoms with Crippen LogP contribution in [0.5, 0.6) is 0 Å². The van der Waals surface area contributed by atoms with Gasteiger partial charge in [-0.25, -0.2) is 25.3 Å². The summed E-state index contributed by atoms with van der Waals surface area (Å²) in [5.41, 5.74) is 3.86. The Balaban J connectivity index is 0.000000159. The standard InChI is InChI=1S/C23H26N2O5.2C22H26N2O6S.C20H22N2O4S.2CO2/c26-15-17-1-5-19(6-2-17)21(28)24-11-9-23(10-12-24)25(13-14-30-23)22(29)20-7-3-18(16-27)4-8-20;25-15-17-1-5-19(6-2-17)21(27)24-13-14-30-22(24)9-11-23(12-10-22)31(28,29)20-7-3-18(16-26)4-8-20;25-15-17-1-5-19(6-2-17)21(27)23-11-9-22(10-12-23)24(13-14-30-22)31(28,29)20-7-3-18(16-26)4-8-20;23-19(17-7-3-1-4-8-17)21-13-11-20(12-14-21)22(15-16-26-20)27(24,25)18-9-5-2-6-10-18;2*2-1-3/h1-8,26-27H,9-16H2;2*1-8,25-26H,9-16H2;1-10H,11-16H2;;. The van der Waals surface area contributed by atoms with Crippen LogP contribution in [0.2, 0.25) is 0 Å². The van der Waals surface area contributed by atoms with Crippen LogP contribution in [-0.2, 0) is 108 Å². The number of ether oxygens (including phenoxy) is 4. The van der Waals surface area contributed by atoms with Crippen molar-refractivity contribution < 1.29 is 118 Å². The molecule has 16 rings (SSSR count). The van der Waals surface area contributed by atoms with Crippen LogP contribution in [0.3, 0.4) is 0 Å². The lowest BCUT2D eigenvalue weighted by Gasteiger charge is -2.43. The minimum atomic E-state index is -3.77. The molecule has 8 aliphatic rings. The molecule has 33 nitrogen and oxygen atoms in total. The zero-order valence-corrected chi connectivity index (χ0v) is 71.0.